The number of anilines is 1. The summed E-state index contributed by atoms with van der Waals surface area (Å²) in [6, 6.07) is 13.9. The van der Waals surface area contributed by atoms with Gasteiger partial charge in [-0.1, -0.05) is 17.7 Å². The van der Waals surface area contributed by atoms with Crippen LogP contribution in [0.4, 0.5) is 5.82 Å². The summed E-state index contributed by atoms with van der Waals surface area (Å²) in [6.07, 6.45) is 12.7. The second-order valence-electron chi connectivity index (χ2n) is 11.6. The summed E-state index contributed by atoms with van der Waals surface area (Å²) < 4.78 is 30.5. The van der Waals surface area contributed by atoms with E-state index in [1.165, 1.54) is 23.2 Å². The third-order valence-corrected chi connectivity index (χ3v) is 10.4. The standard InChI is InChI=1S/C29H32N6O2S/c1-19-3-6-26(7-4-19)38(36,37)34-18-22(11-27(34)23-16-32-33(2)17-23)21-5-8-28(31-15-21)35-24-9-20-10-25(35)14-29(30,12-20)13-24/h3-8,11,15-18,20,24-25H,9-10,12-14,30H2,1-2H3/t20?,24-,25+,29?. The molecule has 5 heterocycles. The minimum absolute atomic E-state index is 0.00148. The molecule has 4 bridgehead atoms. The fourth-order valence-corrected chi connectivity index (χ4v) is 8.53. The second kappa shape index (κ2) is 8.28. The van der Waals surface area contributed by atoms with Crippen molar-refractivity contribution in [2.75, 3.05) is 4.90 Å². The van der Waals surface area contributed by atoms with Gasteiger partial charge >= 0.3 is 0 Å². The largest absolute Gasteiger partial charge is 0.350 e. The first-order valence-corrected chi connectivity index (χ1v) is 14.7. The van der Waals surface area contributed by atoms with Gasteiger partial charge in [0.25, 0.3) is 10.0 Å². The van der Waals surface area contributed by atoms with Crippen LogP contribution in [-0.2, 0) is 17.1 Å². The predicted octanol–water partition coefficient (Wildman–Crippen LogP) is 4.34. The van der Waals surface area contributed by atoms with Crippen LogP contribution < -0.4 is 10.6 Å². The lowest BCUT2D eigenvalue weighted by Gasteiger charge is -2.60. The molecule has 4 aliphatic rings. The lowest BCUT2D eigenvalue weighted by Crippen LogP contribution is -2.67. The topological polar surface area (TPSA) is 99.0 Å². The van der Waals surface area contributed by atoms with Crippen LogP contribution >= 0.6 is 0 Å². The highest BCUT2D eigenvalue weighted by molar-refractivity contribution is 7.90. The van der Waals surface area contributed by atoms with Crippen molar-refractivity contribution in [2.45, 2.75) is 61.5 Å². The first kappa shape index (κ1) is 23.7. The number of pyridine rings is 1. The third kappa shape index (κ3) is 3.79. The Labute approximate surface area is 223 Å². The summed E-state index contributed by atoms with van der Waals surface area (Å²) in [6.45, 7) is 1.94. The molecular weight excluding hydrogens is 496 g/mol. The molecule has 2 N–H and O–H groups in total. The first-order chi connectivity index (χ1) is 18.2. The van der Waals surface area contributed by atoms with Gasteiger partial charge in [0.05, 0.1) is 16.8 Å². The van der Waals surface area contributed by atoms with Crippen molar-refractivity contribution in [2.24, 2.45) is 18.7 Å². The van der Waals surface area contributed by atoms with E-state index >= 15 is 0 Å². The average Bonchev–Trinajstić information content (AvgIpc) is 3.50. The zero-order valence-electron chi connectivity index (χ0n) is 21.7. The molecule has 8 rings (SSSR count). The zero-order valence-corrected chi connectivity index (χ0v) is 22.5. The minimum Gasteiger partial charge on any atom is -0.350 e. The second-order valence-corrected chi connectivity index (χ2v) is 13.4. The number of hydrogen-bond acceptors (Lipinski definition) is 6. The van der Waals surface area contributed by atoms with E-state index < -0.39 is 10.0 Å². The van der Waals surface area contributed by atoms with Gasteiger partial charge in [0.2, 0.25) is 0 Å². The molecular formula is C29H32N6O2S. The van der Waals surface area contributed by atoms with E-state index in [0.29, 0.717) is 17.8 Å². The van der Waals surface area contributed by atoms with Crippen molar-refractivity contribution in [3.8, 4) is 22.4 Å². The molecule has 2 saturated heterocycles. The van der Waals surface area contributed by atoms with E-state index in [1.54, 1.807) is 29.2 Å². The molecule has 2 saturated carbocycles. The Bertz CT molecular complexity index is 1600. The Morgan fingerprint density at radius 3 is 2.26 bits per heavy atom. The fraction of sp³-hybridized carbons (Fsp3) is 0.379. The molecule has 4 fully saturated rings. The normalized spacial score (nSPS) is 26.3. The molecule has 3 aromatic heterocycles. The Kier molecular flexibility index (Phi) is 5.16. The Hall–Kier alpha value is -3.43. The quantitative estimate of drug-likeness (QED) is 0.414. The number of benzene rings is 1. The molecule has 2 aliphatic carbocycles. The van der Waals surface area contributed by atoms with E-state index in [1.807, 2.05) is 44.6 Å². The number of aromatic nitrogens is 4. The first-order valence-electron chi connectivity index (χ1n) is 13.3. The molecule has 9 heteroatoms. The molecule has 2 unspecified atom stereocenters. The van der Waals surface area contributed by atoms with Crippen molar-refractivity contribution >= 4 is 15.8 Å². The van der Waals surface area contributed by atoms with E-state index in [4.69, 9.17) is 10.7 Å². The molecule has 8 nitrogen and oxygen atoms in total. The van der Waals surface area contributed by atoms with Crippen LogP contribution in [-0.4, -0.2) is 44.8 Å². The number of rotatable bonds is 5. The van der Waals surface area contributed by atoms with E-state index in [2.05, 4.69) is 22.1 Å². The smallest absolute Gasteiger partial charge is 0.268 e. The van der Waals surface area contributed by atoms with E-state index in [9.17, 15) is 8.42 Å². The average molecular weight is 529 g/mol. The van der Waals surface area contributed by atoms with Crippen molar-refractivity contribution in [3.63, 3.8) is 0 Å². The number of hydrogen-bond donors (Lipinski definition) is 1. The fourth-order valence-electron chi connectivity index (χ4n) is 7.16. The Morgan fingerprint density at radius 2 is 1.66 bits per heavy atom. The van der Waals surface area contributed by atoms with Gasteiger partial charge in [-0.05, 0) is 75.3 Å². The summed E-state index contributed by atoms with van der Waals surface area (Å²) >= 11 is 0. The maximum atomic E-state index is 13.7. The van der Waals surface area contributed by atoms with E-state index in [0.717, 1.165) is 46.8 Å². The van der Waals surface area contributed by atoms with Crippen LogP contribution in [0, 0.1) is 12.8 Å². The highest BCUT2D eigenvalue weighted by atomic mass is 32.2. The maximum absolute atomic E-state index is 13.7. The predicted molar refractivity (Wildman–Crippen MR) is 147 cm³/mol. The van der Waals surface area contributed by atoms with Crippen LogP contribution in [0.15, 0.2) is 72.1 Å². The number of nitrogens with zero attached hydrogens (tertiary/aromatic N) is 5. The Balaban J connectivity index is 1.25. The van der Waals surface area contributed by atoms with Crippen LogP contribution in [0.1, 0.15) is 37.7 Å². The molecule has 0 radical (unpaired) electrons. The van der Waals surface area contributed by atoms with Gasteiger partial charge in [-0.15, -0.1) is 0 Å². The molecule has 0 spiro atoms. The van der Waals surface area contributed by atoms with Crippen LogP contribution in [0.25, 0.3) is 22.4 Å². The Morgan fingerprint density at radius 1 is 0.921 bits per heavy atom. The molecule has 0 amide bonds. The molecule has 38 heavy (non-hydrogen) atoms. The summed E-state index contributed by atoms with van der Waals surface area (Å²) in [5.74, 6) is 1.74. The van der Waals surface area contributed by atoms with Crippen molar-refractivity contribution in [1.29, 1.82) is 0 Å². The zero-order chi connectivity index (χ0) is 26.2. The number of piperidine rings is 2. The summed E-state index contributed by atoms with van der Waals surface area (Å²) in [5.41, 5.74) is 10.7. The highest BCUT2D eigenvalue weighted by Crippen LogP contribution is 2.51. The van der Waals surface area contributed by atoms with Gasteiger partial charge in [0.1, 0.15) is 5.82 Å². The highest BCUT2D eigenvalue weighted by Gasteiger charge is 2.53. The van der Waals surface area contributed by atoms with Gasteiger partial charge in [-0.25, -0.2) is 17.4 Å². The number of nitrogens with two attached hydrogens (primary N) is 1. The molecule has 1 aromatic carbocycles. The molecule has 2 aliphatic heterocycles. The van der Waals surface area contributed by atoms with Gasteiger partial charge in [-0.3, -0.25) is 4.68 Å². The van der Waals surface area contributed by atoms with Crippen LogP contribution in [0.2, 0.25) is 0 Å². The summed E-state index contributed by atoms with van der Waals surface area (Å²) in [4.78, 5) is 7.62. The van der Waals surface area contributed by atoms with Gasteiger partial charge in [0.15, 0.2) is 0 Å². The summed E-state index contributed by atoms with van der Waals surface area (Å²) in [7, 11) is -2.00. The van der Waals surface area contributed by atoms with Crippen LogP contribution in [0.5, 0.6) is 0 Å². The monoisotopic (exact) mass is 528 g/mol. The van der Waals surface area contributed by atoms with Crippen molar-refractivity contribution < 1.29 is 8.42 Å². The lowest BCUT2D eigenvalue weighted by atomic mass is 9.60. The minimum atomic E-state index is -3.82. The maximum Gasteiger partial charge on any atom is 0.268 e. The lowest BCUT2D eigenvalue weighted by molar-refractivity contribution is 0.0648. The third-order valence-electron chi connectivity index (χ3n) is 8.69. The molecule has 4 aromatic rings. The SMILES string of the molecule is Cc1ccc(S(=O)(=O)n2cc(-c3ccc(N4[C@@H]5CC6C[C@H]4CC(N)(C6)C5)nc3)cc2-c2cnn(C)c2)cc1. The number of aryl methyl sites for hydroxylation is 2. The van der Waals surface area contributed by atoms with Gasteiger partial charge < -0.3 is 10.6 Å². The molecule has 4 atom stereocenters. The van der Waals surface area contributed by atoms with Gasteiger partial charge in [0, 0.05) is 60.0 Å². The molecule has 196 valence electrons. The van der Waals surface area contributed by atoms with Gasteiger partial charge in [-0.2, -0.15) is 5.10 Å². The van der Waals surface area contributed by atoms with Crippen molar-refractivity contribution in [1.82, 2.24) is 18.7 Å². The van der Waals surface area contributed by atoms with E-state index in [-0.39, 0.29) is 10.4 Å². The van der Waals surface area contributed by atoms with Crippen LogP contribution in [0.3, 0.4) is 0 Å². The summed E-state index contributed by atoms with van der Waals surface area (Å²) in [5, 5.41) is 4.27. The van der Waals surface area contributed by atoms with Crippen molar-refractivity contribution in [3.05, 3.63) is 72.8 Å².